The summed E-state index contributed by atoms with van der Waals surface area (Å²) in [6, 6.07) is 19.2. The fraction of sp³-hybridized carbons (Fsp3) is 0.143. The average Bonchev–Trinajstić information content (AvgIpc) is 3.58. The zero-order valence-electron chi connectivity index (χ0n) is 21.8. The number of H-pyrrole nitrogens is 2. The van der Waals surface area contributed by atoms with Crippen LogP contribution in [0.4, 0.5) is 18.9 Å². The maximum atomic E-state index is 14.0. The predicted octanol–water partition coefficient (Wildman–Crippen LogP) is 4.24. The number of carbonyl (C=O) groups is 1. The number of fused-ring (bicyclic) bond motifs is 1. The van der Waals surface area contributed by atoms with Crippen molar-refractivity contribution < 1.29 is 26.4 Å². The second kappa shape index (κ2) is 9.83. The number of alkyl halides is 3. The molecule has 0 bridgehead atoms. The van der Waals surface area contributed by atoms with E-state index >= 15 is 0 Å². The fourth-order valence-corrected chi connectivity index (χ4v) is 5.97. The molecule has 1 aliphatic heterocycles. The molecule has 0 unspecified atom stereocenters. The molecule has 2 aromatic heterocycles. The molecule has 0 spiro atoms. The number of anilines is 1. The largest absolute Gasteiger partial charge is 0.435 e. The van der Waals surface area contributed by atoms with E-state index in [-0.39, 0.29) is 40.6 Å². The number of amides is 1. The van der Waals surface area contributed by atoms with E-state index in [0.717, 1.165) is 10.9 Å². The van der Waals surface area contributed by atoms with Crippen LogP contribution in [-0.4, -0.2) is 52.1 Å². The van der Waals surface area contributed by atoms with E-state index in [1.54, 1.807) is 54.6 Å². The Morgan fingerprint density at radius 2 is 1.64 bits per heavy atom. The first-order valence-corrected chi connectivity index (χ1v) is 14.5. The van der Waals surface area contributed by atoms with Crippen molar-refractivity contribution in [1.82, 2.24) is 25.0 Å². The standard InChI is InChI=1S/C28H21F3N6O4S/c1-42(40,41)22-8-3-2-7-20(22)16-9-11-18(12-10-16)36-14-13-21-23(26(36)38)37(35-24(21)28(29,30)31)19-6-4-5-17(15-19)25-32-27(39)34-33-25/h2-12,15H,13-14H2,1H3,(H2,32,33,34,39). The molecule has 42 heavy (non-hydrogen) atoms. The lowest BCUT2D eigenvalue weighted by atomic mass is 10.0. The summed E-state index contributed by atoms with van der Waals surface area (Å²) in [5.74, 6) is -0.508. The maximum Gasteiger partial charge on any atom is 0.435 e. The fourth-order valence-electron chi connectivity index (χ4n) is 5.06. The van der Waals surface area contributed by atoms with Crippen LogP contribution in [0.2, 0.25) is 0 Å². The Bertz CT molecular complexity index is 2010. The van der Waals surface area contributed by atoms with Crippen LogP contribution >= 0.6 is 0 Å². The number of rotatable bonds is 5. The molecule has 5 aromatic rings. The van der Waals surface area contributed by atoms with E-state index in [1.807, 2.05) is 0 Å². The number of halogens is 3. The van der Waals surface area contributed by atoms with Gasteiger partial charge in [0.15, 0.2) is 21.4 Å². The number of aromatic amines is 2. The SMILES string of the molecule is CS(=O)(=O)c1ccccc1-c1ccc(N2CCc3c(C(F)(F)F)nn(-c4cccc(-c5n[nH]c(=O)[nH]5)c4)c3C2=O)cc1. The van der Waals surface area contributed by atoms with E-state index < -0.39 is 33.3 Å². The number of sulfone groups is 1. The summed E-state index contributed by atoms with van der Waals surface area (Å²) in [6.45, 7) is -0.0194. The Hall–Kier alpha value is -4.98. The molecule has 2 N–H and O–H groups in total. The van der Waals surface area contributed by atoms with Gasteiger partial charge in [-0.25, -0.2) is 23.0 Å². The molecule has 0 fully saturated rings. The molecule has 0 saturated heterocycles. The zero-order chi connectivity index (χ0) is 29.8. The van der Waals surface area contributed by atoms with Gasteiger partial charge in [-0.2, -0.15) is 23.4 Å². The van der Waals surface area contributed by atoms with E-state index in [9.17, 15) is 31.2 Å². The van der Waals surface area contributed by atoms with Gasteiger partial charge in [-0.05, 0) is 42.3 Å². The van der Waals surface area contributed by atoms with Crippen LogP contribution in [0, 0.1) is 0 Å². The van der Waals surface area contributed by atoms with Gasteiger partial charge in [0.1, 0.15) is 5.69 Å². The third-order valence-corrected chi connectivity index (χ3v) is 8.08. The van der Waals surface area contributed by atoms with Gasteiger partial charge in [0.25, 0.3) is 5.91 Å². The van der Waals surface area contributed by atoms with Gasteiger partial charge in [0.05, 0.1) is 10.6 Å². The second-order valence-electron chi connectivity index (χ2n) is 9.68. The normalized spacial score (nSPS) is 13.8. The topological polar surface area (TPSA) is 134 Å². The summed E-state index contributed by atoms with van der Waals surface area (Å²) in [4.78, 5) is 29.3. The third kappa shape index (κ3) is 4.79. The van der Waals surface area contributed by atoms with Gasteiger partial charge in [-0.3, -0.25) is 9.78 Å². The van der Waals surface area contributed by atoms with E-state index in [1.165, 1.54) is 23.1 Å². The van der Waals surface area contributed by atoms with Crippen LogP contribution < -0.4 is 10.6 Å². The maximum absolute atomic E-state index is 14.0. The summed E-state index contributed by atoms with van der Waals surface area (Å²) >= 11 is 0. The Morgan fingerprint density at radius 1 is 0.905 bits per heavy atom. The number of benzene rings is 3. The van der Waals surface area contributed by atoms with Crippen molar-refractivity contribution in [3.63, 3.8) is 0 Å². The quantitative estimate of drug-likeness (QED) is 0.313. The molecule has 14 heteroatoms. The molecule has 6 rings (SSSR count). The summed E-state index contributed by atoms with van der Waals surface area (Å²) in [5.41, 5.74) is -0.0454. The zero-order valence-corrected chi connectivity index (χ0v) is 22.6. The highest BCUT2D eigenvalue weighted by molar-refractivity contribution is 7.90. The first-order chi connectivity index (χ1) is 19.9. The van der Waals surface area contributed by atoms with Crippen molar-refractivity contribution in [3.05, 3.63) is 100 Å². The minimum atomic E-state index is -4.79. The van der Waals surface area contributed by atoms with Gasteiger partial charge in [0.2, 0.25) is 0 Å². The number of hydrogen-bond donors (Lipinski definition) is 2. The molecule has 1 amide bonds. The van der Waals surface area contributed by atoms with Gasteiger partial charge in [-0.15, -0.1) is 0 Å². The summed E-state index contributed by atoms with van der Waals surface area (Å²) in [6.07, 6.45) is -3.77. The molecule has 1 aliphatic rings. The van der Waals surface area contributed by atoms with Crippen molar-refractivity contribution in [2.24, 2.45) is 0 Å². The molecule has 0 atom stereocenters. The highest BCUT2D eigenvalue weighted by atomic mass is 32.2. The second-order valence-corrected chi connectivity index (χ2v) is 11.7. The van der Waals surface area contributed by atoms with Crippen LogP contribution in [-0.2, 0) is 22.4 Å². The minimum absolute atomic E-state index is 0.0194. The van der Waals surface area contributed by atoms with Gasteiger partial charge in [-0.1, -0.05) is 42.5 Å². The van der Waals surface area contributed by atoms with Gasteiger partial charge < -0.3 is 4.90 Å². The molecular formula is C28H21F3N6O4S. The number of carbonyl (C=O) groups excluding carboxylic acids is 1. The molecule has 214 valence electrons. The molecule has 10 nitrogen and oxygen atoms in total. The van der Waals surface area contributed by atoms with E-state index in [0.29, 0.717) is 22.4 Å². The lowest BCUT2D eigenvalue weighted by Gasteiger charge is -2.28. The number of hydrogen-bond acceptors (Lipinski definition) is 6. The van der Waals surface area contributed by atoms with Gasteiger partial charge in [0, 0.05) is 35.2 Å². The van der Waals surface area contributed by atoms with Crippen LogP contribution in [0.3, 0.4) is 0 Å². The summed E-state index contributed by atoms with van der Waals surface area (Å²) in [5, 5.41) is 9.91. The number of aromatic nitrogens is 5. The third-order valence-electron chi connectivity index (χ3n) is 6.93. The Labute approximate surface area is 236 Å². The number of nitrogens with zero attached hydrogens (tertiary/aromatic N) is 4. The summed E-state index contributed by atoms with van der Waals surface area (Å²) < 4.78 is 67.6. The Balaban J connectivity index is 1.41. The minimum Gasteiger partial charge on any atom is -0.307 e. The molecule has 3 heterocycles. The Morgan fingerprint density at radius 3 is 2.31 bits per heavy atom. The van der Waals surface area contributed by atoms with Crippen molar-refractivity contribution >= 4 is 21.4 Å². The van der Waals surface area contributed by atoms with Crippen LogP contribution in [0.25, 0.3) is 28.2 Å². The highest BCUT2D eigenvalue weighted by Gasteiger charge is 2.43. The predicted molar refractivity (Wildman–Crippen MR) is 147 cm³/mol. The lowest BCUT2D eigenvalue weighted by Crippen LogP contribution is -2.39. The van der Waals surface area contributed by atoms with Gasteiger partial charge >= 0.3 is 11.9 Å². The first kappa shape index (κ1) is 27.2. The molecule has 0 saturated carbocycles. The molecule has 0 radical (unpaired) electrons. The molecular weight excluding hydrogens is 573 g/mol. The highest BCUT2D eigenvalue weighted by Crippen LogP contribution is 2.38. The van der Waals surface area contributed by atoms with Crippen molar-refractivity contribution in [1.29, 1.82) is 0 Å². The van der Waals surface area contributed by atoms with Crippen LogP contribution in [0.1, 0.15) is 21.7 Å². The average molecular weight is 595 g/mol. The van der Waals surface area contributed by atoms with Crippen LogP contribution in [0.15, 0.2) is 82.5 Å². The van der Waals surface area contributed by atoms with E-state index in [2.05, 4.69) is 20.3 Å². The first-order valence-electron chi connectivity index (χ1n) is 12.6. The monoisotopic (exact) mass is 594 g/mol. The van der Waals surface area contributed by atoms with Crippen molar-refractivity contribution in [2.45, 2.75) is 17.5 Å². The smallest absolute Gasteiger partial charge is 0.307 e. The van der Waals surface area contributed by atoms with E-state index in [4.69, 9.17) is 0 Å². The van der Waals surface area contributed by atoms with Crippen molar-refractivity contribution in [2.75, 3.05) is 17.7 Å². The van der Waals surface area contributed by atoms with Crippen LogP contribution in [0.5, 0.6) is 0 Å². The van der Waals surface area contributed by atoms with Crippen molar-refractivity contribution in [3.8, 4) is 28.2 Å². The Kier molecular flexibility index (Phi) is 6.37. The lowest BCUT2D eigenvalue weighted by molar-refractivity contribution is -0.141. The molecule has 3 aromatic carbocycles. The summed E-state index contributed by atoms with van der Waals surface area (Å²) in [7, 11) is -3.50. The number of nitrogens with one attached hydrogen (secondary N) is 2. The molecule has 0 aliphatic carbocycles.